The molecule has 0 spiro atoms. The van der Waals surface area contributed by atoms with Crippen LogP contribution in [-0.2, 0) is 14.3 Å². The maximum absolute atomic E-state index is 12.1. The minimum absolute atomic E-state index is 0.00297. The molecule has 0 unspecified atom stereocenters. The summed E-state index contributed by atoms with van der Waals surface area (Å²) < 4.78 is 4.95. The molecule has 1 saturated heterocycles. The molecule has 0 aliphatic carbocycles. The van der Waals surface area contributed by atoms with E-state index in [0.29, 0.717) is 24.3 Å². The maximum atomic E-state index is 12.1. The van der Waals surface area contributed by atoms with Crippen molar-refractivity contribution in [3.05, 3.63) is 29.8 Å². The predicted molar refractivity (Wildman–Crippen MR) is 80.4 cm³/mol. The van der Waals surface area contributed by atoms with Gasteiger partial charge in [0, 0.05) is 13.1 Å². The number of amides is 2. The molecular weight excluding hydrogens is 286 g/mol. The molecule has 2 rings (SSSR count). The molecule has 7 heteroatoms. The molecule has 7 nitrogen and oxygen atoms in total. The smallest absolute Gasteiger partial charge is 0.340 e. The molecule has 118 valence electrons. The Labute approximate surface area is 128 Å². The predicted octanol–water partition coefficient (Wildman–Crippen LogP) is 0.280. The molecule has 1 atom stereocenters. The highest BCUT2D eigenvalue weighted by atomic mass is 16.5. The molecule has 0 bridgehead atoms. The van der Waals surface area contributed by atoms with Gasteiger partial charge in [-0.3, -0.25) is 9.59 Å². The van der Waals surface area contributed by atoms with Crippen molar-refractivity contribution in [2.24, 2.45) is 0 Å². The summed E-state index contributed by atoms with van der Waals surface area (Å²) in [4.78, 5) is 35.5. The normalized spacial score (nSPS) is 17.5. The minimum atomic E-state index is -0.552. The summed E-state index contributed by atoms with van der Waals surface area (Å²) in [5.74, 6) is -1.03. The number of hydrogen-bond acceptors (Lipinski definition) is 5. The Morgan fingerprint density at radius 1 is 1.32 bits per heavy atom. The number of ether oxygens (including phenoxy) is 1. The number of anilines is 1. The van der Waals surface area contributed by atoms with Gasteiger partial charge >= 0.3 is 5.97 Å². The lowest BCUT2D eigenvalue weighted by molar-refractivity contribution is -0.127. The van der Waals surface area contributed by atoms with Gasteiger partial charge in [0.1, 0.15) is 0 Å². The Morgan fingerprint density at radius 3 is 2.82 bits per heavy atom. The topological polar surface area (TPSA) is 96.5 Å². The Morgan fingerprint density at radius 2 is 2.09 bits per heavy atom. The third-order valence-corrected chi connectivity index (χ3v) is 3.22. The van der Waals surface area contributed by atoms with Gasteiger partial charge in [0.2, 0.25) is 11.8 Å². The maximum Gasteiger partial charge on any atom is 0.340 e. The Hall–Kier alpha value is -2.41. The van der Waals surface area contributed by atoms with Crippen LogP contribution in [0, 0.1) is 0 Å². The summed E-state index contributed by atoms with van der Waals surface area (Å²) in [6.45, 7) is 3.16. The molecule has 3 N–H and O–H groups in total. The fourth-order valence-electron chi connectivity index (χ4n) is 2.18. The Bertz CT molecular complexity index is 574. The summed E-state index contributed by atoms with van der Waals surface area (Å²) in [7, 11) is 0. The number of benzene rings is 1. The van der Waals surface area contributed by atoms with Gasteiger partial charge in [0.05, 0.1) is 30.3 Å². The van der Waals surface area contributed by atoms with Crippen LogP contribution in [0.25, 0.3) is 0 Å². The van der Waals surface area contributed by atoms with E-state index in [1.165, 1.54) is 0 Å². The zero-order valence-corrected chi connectivity index (χ0v) is 12.3. The average Bonchev–Trinajstić information content (AvgIpc) is 2.50. The van der Waals surface area contributed by atoms with E-state index in [4.69, 9.17) is 4.74 Å². The number of hydrogen-bond donors (Lipinski definition) is 3. The third-order valence-electron chi connectivity index (χ3n) is 3.22. The minimum Gasteiger partial charge on any atom is -0.462 e. The van der Waals surface area contributed by atoms with E-state index >= 15 is 0 Å². The van der Waals surface area contributed by atoms with Crippen molar-refractivity contribution >= 4 is 23.5 Å². The van der Waals surface area contributed by atoms with Crippen LogP contribution >= 0.6 is 0 Å². The molecule has 0 aromatic heterocycles. The Balaban J connectivity index is 2.02. The molecule has 1 aromatic carbocycles. The molecule has 1 aromatic rings. The summed E-state index contributed by atoms with van der Waals surface area (Å²) in [6, 6.07) is 6.06. The van der Waals surface area contributed by atoms with Gasteiger partial charge in [-0.25, -0.2) is 4.79 Å². The van der Waals surface area contributed by atoms with Crippen molar-refractivity contribution < 1.29 is 19.1 Å². The number of carbonyl (C=O) groups is 3. The van der Waals surface area contributed by atoms with Gasteiger partial charge < -0.3 is 20.7 Å². The van der Waals surface area contributed by atoms with E-state index < -0.39 is 12.0 Å². The molecule has 22 heavy (non-hydrogen) atoms. The summed E-state index contributed by atoms with van der Waals surface area (Å²) in [6.07, 6.45) is 0.00297. The van der Waals surface area contributed by atoms with E-state index in [1.54, 1.807) is 31.2 Å². The fraction of sp³-hybridized carbons (Fsp3) is 0.400. The summed E-state index contributed by atoms with van der Waals surface area (Å²) in [5, 5.41) is 8.33. The quantitative estimate of drug-likeness (QED) is 0.679. The first kappa shape index (κ1) is 16.0. The van der Waals surface area contributed by atoms with Gasteiger partial charge in [-0.1, -0.05) is 12.1 Å². The number of nitrogens with one attached hydrogen (secondary N) is 3. The van der Waals surface area contributed by atoms with Crippen molar-refractivity contribution in [1.29, 1.82) is 0 Å². The number of rotatable bonds is 5. The zero-order chi connectivity index (χ0) is 15.9. The van der Waals surface area contributed by atoms with Gasteiger partial charge in [0.25, 0.3) is 0 Å². The van der Waals surface area contributed by atoms with Crippen LogP contribution in [0.1, 0.15) is 23.7 Å². The van der Waals surface area contributed by atoms with Crippen LogP contribution in [0.3, 0.4) is 0 Å². The molecule has 1 fully saturated rings. The van der Waals surface area contributed by atoms with Crippen molar-refractivity contribution in [2.75, 3.05) is 25.0 Å². The van der Waals surface area contributed by atoms with E-state index in [1.807, 2.05) is 0 Å². The number of piperazine rings is 1. The van der Waals surface area contributed by atoms with Gasteiger partial charge in [0.15, 0.2) is 0 Å². The van der Waals surface area contributed by atoms with Crippen molar-refractivity contribution in [3.8, 4) is 0 Å². The van der Waals surface area contributed by atoms with Crippen LogP contribution in [0.5, 0.6) is 0 Å². The highest BCUT2D eigenvalue weighted by molar-refractivity contribution is 6.02. The second-order valence-corrected chi connectivity index (χ2v) is 4.82. The molecule has 0 saturated carbocycles. The SMILES string of the molecule is CCOC(=O)c1ccccc1NC(=O)C[C@@H]1NCCNC1=O. The van der Waals surface area contributed by atoms with E-state index in [0.717, 1.165) is 0 Å². The van der Waals surface area contributed by atoms with E-state index in [9.17, 15) is 14.4 Å². The molecule has 0 radical (unpaired) electrons. The summed E-state index contributed by atoms with van der Waals surface area (Å²) >= 11 is 0. The second-order valence-electron chi connectivity index (χ2n) is 4.82. The van der Waals surface area contributed by atoms with E-state index in [2.05, 4.69) is 16.0 Å². The van der Waals surface area contributed by atoms with Crippen LogP contribution in [0.2, 0.25) is 0 Å². The van der Waals surface area contributed by atoms with Gasteiger partial charge in [-0.2, -0.15) is 0 Å². The van der Waals surface area contributed by atoms with Crippen LogP contribution in [-0.4, -0.2) is 43.5 Å². The average molecular weight is 305 g/mol. The van der Waals surface area contributed by atoms with Crippen molar-refractivity contribution in [3.63, 3.8) is 0 Å². The van der Waals surface area contributed by atoms with Crippen LogP contribution in [0.15, 0.2) is 24.3 Å². The van der Waals surface area contributed by atoms with E-state index in [-0.39, 0.29) is 24.8 Å². The second kappa shape index (κ2) is 7.56. The van der Waals surface area contributed by atoms with Crippen molar-refractivity contribution in [2.45, 2.75) is 19.4 Å². The highest BCUT2D eigenvalue weighted by Crippen LogP contribution is 2.16. The van der Waals surface area contributed by atoms with Gasteiger partial charge in [-0.05, 0) is 19.1 Å². The lowest BCUT2D eigenvalue weighted by Gasteiger charge is -2.23. The Kier molecular flexibility index (Phi) is 5.48. The van der Waals surface area contributed by atoms with Crippen LogP contribution in [0.4, 0.5) is 5.69 Å². The molecule has 1 aliphatic rings. The molecule has 1 aliphatic heterocycles. The first-order valence-electron chi connectivity index (χ1n) is 7.19. The third kappa shape index (κ3) is 4.05. The van der Waals surface area contributed by atoms with Crippen LogP contribution < -0.4 is 16.0 Å². The summed E-state index contributed by atoms with van der Waals surface area (Å²) in [5.41, 5.74) is 0.668. The first-order chi connectivity index (χ1) is 10.6. The molecule has 2 amide bonds. The first-order valence-corrected chi connectivity index (χ1v) is 7.19. The number of para-hydroxylation sites is 1. The monoisotopic (exact) mass is 305 g/mol. The lowest BCUT2D eigenvalue weighted by atomic mass is 10.1. The number of carbonyl (C=O) groups excluding carboxylic acids is 3. The highest BCUT2D eigenvalue weighted by Gasteiger charge is 2.24. The lowest BCUT2D eigenvalue weighted by Crippen LogP contribution is -2.53. The van der Waals surface area contributed by atoms with Gasteiger partial charge in [-0.15, -0.1) is 0 Å². The standard InChI is InChI=1S/C15H19N3O4/c1-2-22-15(21)10-5-3-4-6-11(10)18-13(19)9-12-14(20)17-8-7-16-12/h3-6,12,16H,2,7-9H2,1H3,(H,17,20)(H,18,19)/t12-/m0/s1. The molecular formula is C15H19N3O4. The van der Waals surface area contributed by atoms with Crippen molar-refractivity contribution in [1.82, 2.24) is 10.6 Å². The largest absolute Gasteiger partial charge is 0.462 e. The fourth-order valence-corrected chi connectivity index (χ4v) is 2.18. The zero-order valence-electron chi connectivity index (χ0n) is 12.3. The number of esters is 1. The molecule has 1 heterocycles.